The SMILES string of the molecule is Cc1c([N+](=O)[O-])c(C(=O)Nc2nn(Cc3ccc(Cl)cc3Cl)cc2Cl)nn1C. The first kappa shape index (κ1) is 20.1. The summed E-state index contributed by atoms with van der Waals surface area (Å²) in [5.74, 6) is -0.735. The van der Waals surface area contributed by atoms with Crippen LogP contribution in [0.4, 0.5) is 11.5 Å². The van der Waals surface area contributed by atoms with Crippen molar-refractivity contribution in [2.75, 3.05) is 5.32 Å². The lowest BCUT2D eigenvalue weighted by Crippen LogP contribution is -2.15. The topological polar surface area (TPSA) is 108 Å². The van der Waals surface area contributed by atoms with E-state index in [1.165, 1.54) is 29.5 Å². The molecule has 146 valence electrons. The predicted octanol–water partition coefficient (Wildman–Crippen LogP) is 4.09. The molecule has 3 rings (SSSR count). The molecule has 0 bridgehead atoms. The lowest BCUT2D eigenvalue weighted by atomic mass is 10.2. The molecule has 9 nitrogen and oxygen atoms in total. The van der Waals surface area contributed by atoms with Crippen LogP contribution in [0.5, 0.6) is 0 Å². The van der Waals surface area contributed by atoms with Crippen LogP contribution in [0.25, 0.3) is 0 Å². The van der Waals surface area contributed by atoms with Gasteiger partial charge < -0.3 is 5.32 Å². The molecule has 0 aliphatic carbocycles. The van der Waals surface area contributed by atoms with E-state index in [1.807, 2.05) is 0 Å². The monoisotopic (exact) mass is 442 g/mol. The number of nitrogens with one attached hydrogen (secondary N) is 1. The Kier molecular flexibility index (Phi) is 5.59. The van der Waals surface area contributed by atoms with Crippen molar-refractivity contribution in [1.29, 1.82) is 0 Å². The number of aromatic nitrogens is 4. The number of hydrogen-bond acceptors (Lipinski definition) is 5. The molecule has 0 fully saturated rings. The normalized spacial score (nSPS) is 10.9. The summed E-state index contributed by atoms with van der Waals surface area (Å²) in [5.41, 5.74) is 0.308. The Bertz CT molecular complexity index is 1090. The Morgan fingerprint density at radius 3 is 2.61 bits per heavy atom. The number of nitro groups is 1. The van der Waals surface area contributed by atoms with Gasteiger partial charge in [0.2, 0.25) is 5.69 Å². The molecule has 3 aromatic rings. The van der Waals surface area contributed by atoms with Gasteiger partial charge in [-0.05, 0) is 24.6 Å². The molecule has 0 saturated carbocycles. The summed E-state index contributed by atoms with van der Waals surface area (Å²) in [5, 5.41) is 22.9. The number of carbonyl (C=O) groups is 1. The molecule has 0 spiro atoms. The third-order valence-corrected chi connectivity index (χ3v) is 4.86. The molecule has 1 amide bonds. The molecular weight excluding hydrogens is 431 g/mol. The highest BCUT2D eigenvalue weighted by atomic mass is 35.5. The van der Waals surface area contributed by atoms with Gasteiger partial charge in [0.25, 0.3) is 5.91 Å². The second-order valence-electron chi connectivity index (χ2n) is 5.88. The van der Waals surface area contributed by atoms with Crippen LogP contribution < -0.4 is 5.32 Å². The lowest BCUT2D eigenvalue weighted by Gasteiger charge is -2.05. The minimum absolute atomic E-state index is 0.0503. The Morgan fingerprint density at radius 2 is 1.96 bits per heavy atom. The average molecular weight is 444 g/mol. The number of nitrogens with zero attached hydrogens (tertiary/aromatic N) is 5. The molecule has 2 aromatic heterocycles. The second-order valence-corrected chi connectivity index (χ2v) is 7.13. The summed E-state index contributed by atoms with van der Waals surface area (Å²) >= 11 is 18.2. The van der Waals surface area contributed by atoms with Crippen molar-refractivity contribution in [3.63, 3.8) is 0 Å². The van der Waals surface area contributed by atoms with Gasteiger partial charge in [0.1, 0.15) is 10.7 Å². The highest BCUT2D eigenvalue weighted by Crippen LogP contribution is 2.26. The van der Waals surface area contributed by atoms with Crippen LogP contribution in [-0.2, 0) is 13.6 Å². The van der Waals surface area contributed by atoms with E-state index in [9.17, 15) is 14.9 Å². The Hall–Kier alpha value is -2.62. The van der Waals surface area contributed by atoms with Gasteiger partial charge in [-0.15, -0.1) is 0 Å². The summed E-state index contributed by atoms with van der Waals surface area (Å²) in [6.07, 6.45) is 1.50. The number of carbonyl (C=O) groups excluding carboxylic acids is 1. The number of hydrogen-bond donors (Lipinski definition) is 1. The van der Waals surface area contributed by atoms with E-state index < -0.39 is 10.8 Å². The van der Waals surface area contributed by atoms with Gasteiger partial charge in [0, 0.05) is 23.3 Å². The number of rotatable bonds is 5. The van der Waals surface area contributed by atoms with Crippen LogP contribution in [0.1, 0.15) is 21.7 Å². The zero-order chi connectivity index (χ0) is 20.6. The van der Waals surface area contributed by atoms with Crippen LogP contribution in [0, 0.1) is 17.0 Å². The minimum Gasteiger partial charge on any atom is -0.302 e. The van der Waals surface area contributed by atoms with Crippen molar-refractivity contribution in [2.24, 2.45) is 7.05 Å². The molecule has 2 heterocycles. The number of anilines is 1. The molecular formula is C16H13Cl3N6O3. The third-order valence-electron chi connectivity index (χ3n) is 4.00. The van der Waals surface area contributed by atoms with E-state index in [1.54, 1.807) is 18.2 Å². The Morgan fingerprint density at radius 1 is 1.25 bits per heavy atom. The Labute approximate surface area is 173 Å². The first-order valence-corrected chi connectivity index (χ1v) is 8.97. The maximum absolute atomic E-state index is 12.5. The molecule has 28 heavy (non-hydrogen) atoms. The zero-order valence-corrected chi connectivity index (χ0v) is 16.9. The zero-order valence-electron chi connectivity index (χ0n) is 14.6. The average Bonchev–Trinajstić information content (AvgIpc) is 3.10. The highest BCUT2D eigenvalue weighted by molar-refractivity contribution is 6.35. The van der Waals surface area contributed by atoms with E-state index in [2.05, 4.69) is 15.5 Å². The molecule has 0 radical (unpaired) electrons. The van der Waals surface area contributed by atoms with Gasteiger partial charge in [-0.2, -0.15) is 10.2 Å². The number of aryl methyl sites for hydroxylation is 1. The number of halogens is 3. The third kappa shape index (κ3) is 3.96. The van der Waals surface area contributed by atoms with Crippen molar-refractivity contribution in [2.45, 2.75) is 13.5 Å². The lowest BCUT2D eigenvalue weighted by molar-refractivity contribution is -0.385. The molecule has 12 heteroatoms. The summed E-state index contributed by atoms with van der Waals surface area (Å²) in [7, 11) is 1.51. The van der Waals surface area contributed by atoms with Crippen molar-refractivity contribution >= 4 is 52.2 Å². The van der Waals surface area contributed by atoms with Crippen molar-refractivity contribution in [3.8, 4) is 0 Å². The van der Waals surface area contributed by atoms with Crippen molar-refractivity contribution in [1.82, 2.24) is 19.6 Å². The quantitative estimate of drug-likeness (QED) is 0.472. The van der Waals surface area contributed by atoms with Gasteiger partial charge in [-0.1, -0.05) is 40.9 Å². The van der Waals surface area contributed by atoms with Crippen LogP contribution in [0.2, 0.25) is 15.1 Å². The first-order valence-electron chi connectivity index (χ1n) is 7.83. The molecule has 0 saturated heterocycles. The van der Waals surface area contributed by atoms with Gasteiger partial charge in [-0.3, -0.25) is 24.3 Å². The first-order chi connectivity index (χ1) is 13.2. The molecule has 0 aliphatic heterocycles. The van der Waals surface area contributed by atoms with Crippen molar-refractivity contribution < 1.29 is 9.72 Å². The number of benzene rings is 1. The standard InChI is InChI=1S/C16H13Cl3N6O3/c1-8-14(25(27)28)13(21-23(8)2)16(26)20-15-12(19)7-24(22-15)6-9-3-4-10(17)5-11(9)18/h3-5,7H,6H2,1-2H3,(H,20,22,26). The summed E-state index contributed by atoms with van der Waals surface area (Å²) in [6, 6.07) is 5.05. The fraction of sp³-hybridized carbons (Fsp3) is 0.188. The maximum atomic E-state index is 12.5. The molecule has 0 unspecified atom stereocenters. The Balaban J connectivity index is 1.83. The summed E-state index contributed by atoms with van der Waals surface area (Å²) in [4.78, 5) is 23.1. The van der Waals surface area contributed by atoms with Crippen LogP contribution >= 0.6 is 34.8 Å². The van der Waals surface area contributed by atoms with E-state index in [-0.39, 0.29) is 34.5 Å². The molecule has 0 aliphatic rings. The van der Waals surface area contributed by atoms with Gasteiger partial charge in [0.15, 0.2) is 5.82 Å². The molecule has 1 aromatic carbocycles. The maximum Gasteiger partial charge on any atom is 0.322 e. The minimum atomic E-state index is -0.785. The van der Waals surface area contributed by atoms with Gasteiger partial charge in [0.05, 0.1) is 11.5 Å². The van der Waals surface area contributed by atoms with Crippen LogP contribution in [0.3, 0.4) is 0 Å². The van der Waals surface area contributed by atoms with E-state index >= 15 is 0 Å². The fourth-order valence-electron chi connectivity index (χ4n) is 2.52. The molecule has 0 atom stereocenters. The summed E-state index contributed by atoms with van der Waals surface area (Å²) < 4.78 is 2.74. The van der Waals surface area contributed by atoms with E-state index in [0.717, 1.165) is 5.56 Å². The summed E-state index contributed by atoms with van der Waals surface area (Å²) in [6.45, 7) is 1.79. The van der Waals surface area contributed by atoms with Gasteiger partial charge in [-0.25, -0.2) is 0 Å². The van der Waals surface area contributed by atoms with E-state index in [0.29, 0.717) is 10.0 Å². The highest BCUT2D eigenvalue weighted by Gasteiger charge is 2.29. The number of amides is 1. The smallest absolute Gasteiger partial charge is 0.302 e. The van der Waals surface area contributed by atoms with E-state index in [4.69, 9.17) is 34.8 Å². The van der Waals surface area contributed by atoms with Crippen molar-refractivity contribution in [3.05, 3.63) is 66.5 Å². The van der Waals surface area contributed by atoms with Crippen LogP contribution in [0.15, 0.2) is 24.4 Å². The largest absolute Gasteiger partial charge is 0.322 e. The van der Waals surface area contributed by atoms with Crippen LogP contribution in [-0.4, -0.2) is 30.4 Å². The predicted molar refractivity (Wildman–Crippen MR) is 105 cm³/mol. The fourth-order valence-corrected chi connectivity index (χ4v) is 3.19. The van der Waals surface area contributed by atoms with Gasteiger partial charge >= 0.3 is 5.69 Å². The second kappa shape index (κ2) is 7.78. The molecule has 1 N–H and O–H groups in total.